The summed E-state index contributed by atoms with van der Waals surface area (Å²) in [6, 6.07) is 0. The summed E-state index contributed by atoms with van der Waals surface area (Å²) in [6.07, 6.45) is 6.44. The van der Waals surface area contributed by atoms with Crippen molar-refractivity contribution in [3.8, 4) is 0 Å². The molecule has 0 aromatic heterocycles. The summed E-state index contributed by atoms with van der Waals surface area (Å²) >= 11 is 0. The average Bonchev–Trinajstić information content (AvgIpc) is 2.23. The van der Waals surface area contributed by atoms with Crippen molar-refractivity contribution in [1.82, 2.24) is 0 Å². The Kier molecular flexibility index (Phi) is 8.74. The molecule has 0 bridgehead atoms. The van der Waals surface area contributed by atoms with Gasteiger partial charge in [-0.3, -0.25) is 4.55 Å². The maximum atomic E-state index is 12.5. The van der Waals surface area contributed by atoms with Crippen molar-refractivity contribution >= 4 is 10.1 Å². The second-order valence-corrected chi connectivity index (χ2v) is 7.24. The van der Waals surface area contributed by atoms with Crippen LogP contribution in [0.2, 0.25) is 0 Å². The fraction of sp³-hybridized carbons (Fsp3) is 1.00. The van der Waals surface area contributed by atoms with Crippen molar-refractivity contribution in [2.24, 2.45) is 0 Å². The van der Waals surface area contributed by atoms with Crippen LogP contribution in [-0.2, 0) is 10.1 Å². The molecule has 3 nitrogen and oxygen atoms in total. The molecule has 0 aromatic rings. The van der Waals surface area contributed by atoms with Gasteiger partial charge in [-0.1, -0.05) is 38.5 Å². The van der Waals surface area contributed by atoms with Crippen LogP contribution >= 0.6 is 0 Å². The van der Waals surface area contributed by atoms with Crippen molar-refractivity contribution in [2.45, 2.75) is 82.8 Å². The lowest BCUT2D eigenvalue weighted by Crippen LogP contribution is -2.16. The molecular formula is C13H26F2O3S. The highest BCUT2D eigenvalue weighted by atomic mass is 32.2. The Morgan fingerprint density at radius 1 is 1.00 bits per heavy atom. The van der Waals surface area contributed by atoms with E-state index in [-0.39, 0.29) is 6.42 Å². The normalized spacial score (nSPS) is 14.6. The molecule has 19 heavy (non-hydrogen) atoms. The van der Waals surface area contributed by atoms with Crippen LogP contribution in [0.4, 0.5) is 8.78 Å². The van der Waals surface area contributed by atoms with E-state index < -0.39 is 21.3 Å². The minimum Gasteiger partial charge on any atom is -0.285 e. The van der Waals surface area contributed by atoms with E-state index >= 15 is 0 Å². The molecule has 0 fully saturated rings. The van der Waals surface area contributed by atoms with Crippen molar-refractivity contribution in [2.75, 3.05) is 0 Å². The number of hydrogen-bond acceptors (Lipinski definition) is 2. The van der Waals surface area contributed by atoms with E-state index in [0.29, 0.717) is 12.8 Å². The molecule has 0 radical (unpaired) electrons. The standard InChI is InChI=1S/C13H26F2O3S/c1-12(19(16,17)18)10-8-6-4-3-5-7-9-11-13(2,14)15/h12H,3-11H2,1-2H3,(H,16,17,18). The summed E-state index contributed by atoms with van der Waals surface area (Å²) < 4.78 is 55.3. The predicted octanol–water partition coefficient (Wildman–Crippen LogP) is 4.43. The Balaban J connectivity index is 3.33. The monoisotopic (exact) mass is 300 g/mol. The lowest BCUT2D eigenvalue weighted by molar-refractivity contribution is 0.0103. The highest BCUT2D eigenvalue weighted by Crippen LogP contribution is 2.21. The molecule has 1 N–H and O–H groups in total. The van der Waals surface area contributed by atoms with Crippen LogP contribution in [0.25, 0.3) is 0 Å². The Morgan fingerprint density at radius 3 is 1.84 bits per heavy atom. The van der Waals surface area contributed by atoms with Crippen LogP contribution in [-0.4, -0.2) is 24.1 Å². The molecule has 0 heterocycles. The number of halogens is 2. The minimum atomic E-state index is -3.89. The van der Waals surface area contributed by atoms with Gasteiger partial charge in [-0.15, -0.1) is 0 Å². The topological polar surface area (TPSA) is 54.4 Å². The van der Waals surface area contributed by atoms with Gasteiger partial charge in [0.05, 0.1) is 5.25 Å². The van der Waals surface area contributed by atoms with E-state index in [0.717, 1.165) is 45.4 Å². The Labute approximate surface area is 115 Å². The van der Waals surface area contributed by atoms with E-state index in [1.165, 1.54) is 6.92 Å². The lowest BCUT2D eigenvalue weighted by Gasteiger charge is -2.09. The van der Waals surface area contributed by atoms with Crippen molar-refractivity contribution in [1.29, 1.82) is 0 Å². The molecule has 0 amide bonds. The number of rotatable bonds is 11. The van der Waals surface area contributed by atoms with Crippen LogP contribution in [0, 0.1) is 0 Å². The number of unbranched alkanes of at least 4 members (excludes halogenated alkanes) is 6. The fourth-order valence-electron chi connectivity index (χ4n) is 1.90. The molecule has 0 aliphatic carbocycles. The Hall–Kier alpha value is -0.230. The molecule has 1 atom stereocenters. The van der Waals surface area contributed by atoms with E-state index in [2.05, 4.69) is 0 Å². The molecule has 0 aliphatic rings. The third-order valence-corrected chi connectivity index (χ3v) is 4.49. The van der Waals surface area contributed by atoms with Crippen LogP contribution in [0.1, 0.15) is 71.6 Å². The second-order valence-electron chi connectivity index (χ2n) is 5.41. The zero-order chi connectivity index (χ0) is 14.9. The van der Waals surface area contributed by atoms with E-state index in [1.54, 1.807) is 0 Å². The summed E-state index contributed by atoms with van der Waals surface area (Å²) in [7, 11) is -3.89. The molecule has 6 heteroatoms. The molecule has 0 aromatic carbocycles. The maximum Gasteiger partial charge on any atom is 0.267 e. The summed E-state index contributed by atoms with van der Waals surface area (Å²) in [5, 5.41) is -0.695. The average molecular weight is 300 g/mol. The van der Waals surface area contributed by atoms with Crippen molar-refractivity contribution in [3.63, 3.8) is 0 Å². The molecule has 0 saturated heterocycles. The van der Waals surface area contributed by atoms with E-state index in [9.17, 15) is 17.2 Å². The van der Waals surface area contributed by atoms with Crippen molar-refractivity contribution < 1.29 is 21.8 Å². The van der Waals surface area contributed by atoms with Gasteiger partial charge in [-0.05, 0) is 26.7 Å². The van der Waals surface area contributed by atoms with Gasteiger partial charge < -0.3 is 0 Å². The lowest BCUT2D eigenvalue weighted by atomic mass is 10.1. The SMILES string of the molecule is CC(CCCCCCCCCC(C)(F)F)S(=O)(=O)O. The summed E-state index contributed by atoms with van der Waals surface area (Å²) in [5.74, 6) is -2.55. The highest BCUT2D eigenvalue weighted by Gasteiger charge is 2.19. The molecule has 0 saturated carbocycles. The van der Waals surface area contributed by atoms with Gasteiger partial charge in [-0.2, -0.15) is 8.42 Å². The van der Waals surface area contributed by atoms with Crippen LogP contribution < -0.4 is 0 Å². The third-order valence-electron chi connectivity index (χ3n) is 3.23. The van der Waals surface area contributed by atoms with Crippen LogP contribution in [0.5, 0.6) is 0 Å². The fourth-order valence-corrected chi connectivity index (χ4v) is 2.36. The van der Waals surface area contributed by atoms with Crippen LogP contribution in [0.15, 0.2) is 0 Å². The molecular weight excluding hydrogens is 274 g/mol. The van der Waals surface area contributed by atoms with Crippen LogP contribution in [0.3, 0.4) is 0 Å². The molecule has 0 spiro atoms. The highest BCUT2D eigenvalue weighted by molar-refractivity contribution is 7.86. The van der Waals surface area contributed by atoms with Crippen molar-refractivity contribution in [3.05, 3.63) is 0 Å². The first-order chi connectivity index (χ1) is 8.63. The summed E-state index contributed by atoms with van der Waals surface area (Å²) in [5.41, 5.74) is 0. The van der Waals surface area contributed by atoms with Gasteiger partial charge in [0.1, 0.15) is 0 Å². The summed E-state index contributed by atoms with van der Waals surface area (Å²) in [4.78, 5) is 0. The first kappa shape index (κ1) is 18.8. The second kappa shape index (κ2) is 8.84. The van der Waals surface area contributed by atoms with Gasteiger partial charge in [0, 0.05) is 6.42 Å². The first-order valence-corrected chi connectivity index (χ1v) is 8.47. The predicted molar refractivity (Wildman–Crippen MR) is 73.2 cm³/mol. The molecule has 1 unspecified atom stereocenters. The molecule has 0 rings (SSSR count). The van der Waals surface area contributed by atoms with E-state index in [1.807, 2.05) is 0 Å². The number of alkyl halides is 2. The smallest absolute Gasteiger partial charge is 0.267 e. The largest absolute Gasteiger partial charge is 0.285 e. The molecule has 0 aliphatic heterocycles. The zero-order valence-electron chi connectivity index (χ0n) is 11.9. The Morgan fingerprint density at radius 2 is 1.42 bits per heavy atom. The maximum absolute atomic E-state index is 12.5. The molecule has 116 valence electrons. The Bertz CT molecular complexity index is 323. The van der Waals surface area contributed by atoms with Gasteiger partial charge in [0.2, 0.25) is 5.92 Å². The van der Waals surface area contributed by atoms with Gasteiger partial charge >= 0.3 is 0 Å². The minimum absolute atomic E-state index is 0.0428. The van der Waals surface area contributed by atoms with Gasteiger partial charge in [0.25, 0.3) is 10.1 Å². The van der Waals surface area contributed by atoms with Gasteiger partial charge in [-0.25, -0.2) is 8.78 Å². The van der Waals surface area contributed by atoms with E-state index in [4.69, 9.17) is 4.55 Å². The number of hydrogen-bond donors (Lipinski definition) is 1. The summed E-state index contributed by atoms with van der Waals surface area (Å²) in [6.45, 7) is 2.45. The third kappa shape index (κ3) is 12.5. The zero-order valence-corrected chi connectivity index (χ0v) is 12.7. The van der Waals surface area contributed by atoms with Gasteiger partial charge in [0.15, 0.2) is 0 Å². The first-order valence-electron chi connectivity index (χ1n) is 6.97. The quantitative estimate of drug-likeness (QED) is 0.453.